The first-order chi connectivity index (χ1) is 12.4. The Morgan fingerprint density at radius 3 is 2.35 bits per heavy atom. The molecule has 2 fully saturated rings. The number of methoxy groups -OCH3 is 1. The number of esters is 1. The highest BCUT2D eigenvalue weighted by molar-refractivity contribution is 6.08. The molecule has 1 N–H and O–H groups in total. The van der Waals surface area contributed by atoms with Crippen molar-refractivity contribution in [3.8, 4) is 0 Å². The number of hydrogen-bond acceptors (Lipinski definition) is 5. The molecule has 3 rings (SSSR count). The van der Waals surface area contributed by atoms with E-state index in [2.05, 4.69) is 10.1 Å². The minimum Gasteiger partial charge on any atom is -0.465 e. The normalized spacial score (nSPS) is 22.2. The zero-order valence-electron chi connectivity index (χ0n) is 14.9. The summed E-state index contributed by atoms with van der Waals surface area (Å²) in [7, 11) is 1.28. The van der Waals surface area contributed by atoms with E-state index in [-0.39, 0.29) is 30.2 Å². The second kappa shape index (κ2) is 7.27. The molecular weight excluding hydrogens is 336 g/mol. The smallest absolute Gasteiger partial charge is 0.337 e. The zero-order valence-corrected chi connectivity index (χ0v) is 14.9. The lowest BCUT2D eigenvalue weighted by Crippen LogP contribution is -2.38. The van der Waals surface area contributed by atoms with Gasteiger partial charge in [-0.15, -0.1) is 0 Å². The molecule has 2 aliphatic rings. The van der Waals surface area contributed by atoms with E-state index in [1.807, 2.05) is 0 Å². The van der Waals surface area contributed by atoms with E-state index < -0.39 is 11.9 Å². The van der Waals surface area contributed by atoms with E-state index in [4.69, 9.17) is 0 Å². The number of benzene rings is 1. The van der Waals surface area contributed by atoms with Gasteiger partial charge < -0.3 is 10.1 Å². The van der Waals surface area contributed by atoms with E-state index >= 15 is 0 Å². The fourth-order valence-electron chi connectivity index (χ4n) is 3.72. The van der Waals surface area contributed by atoms with Crippen molar-refractivity contribution in [3.05, 3.63) is 29.3 Å². The summed E-state index contributed by atoms with van der Waals surface area (Å²) in [6.45, 7) is 1.49. The number of nitrogens with one attached hydrogen (secondary N) is 1. The Labute approximate surface area is 151 Å². The number of carbonyl (C=O) groups excluding carboxylic acids is 4. The van der Waals surface area contributed by atoms with Crippen LogP contribution in [-0.4, -0.2) is 42.2 Å². The van der Waals surface area contributed by atoms with Crippen molar-refractivity contribution in [3.63, 3.8) is 0 Å². The lowest BCUT2D eigenvalue weighted by Gasteiger charge is -2.19. The molecule has 2 atom stereocenters. The molecule has 1 saturated carbocycles. The van der Waals surface area contributed by atoms with Gasteiger partial charge in [-0.1, -0.05) is 18.9 Å². The Kier molecular flexibility index (Phi) is 5.06. The van der Waals surface area contributed by atoms with Crippen LogP contribution in [0.15, 0.2) is 18.2 Å². The molecule has 1 aliphatic carbocycles. The van der Waals surface area contributed by atoms with Crippen LogP contribution in [0.5, 0.6) is 0 Å². The first-order valence-electron chi connectivity index (χ1n) is 8.76. The number of fused-ring (bicyclic) bond motifs is 1. The Morgan fingerprint density at radius 1 is 1.15 bits per heavy atom. The van der Waals surface area contributed by atoms with Gasteiger partial charge in [0.15, 0.2) is 0 Å². The van der Waals surface area contributed by atoms with Gasteiger partial charge in [0.05, 0.1) is 24.5 Å². The minimum absolute atomic E-state index is 0.241. The second-order valence-corrected chi connectivity index (χ2v) is 6.83. The highest BCUT2D eigenvalue weighted by atomic mass is 16.5. The van der Waals surface area contributed by atoms with Crippen LogP contribution in [0.25, 0.3) is 0 Å². The maximum atomic E-state index is 12.5. The van der Waals surface area contributed by atoms with Gasteiger partial charge in [0.2, 0.25) is 17.7 Å². The number of carbonyl (C=O) groups is 4. The molecular formula is C19H22N2O5. The molecule has 1 aliphatic heterocycles. The summed E-state index contributed by atoms with van der Waals surface area (Å²) in [5, 5.41) is 2.69. The highest BCUT2D eigenvalue weighted by Crippen LogP contribution is 2.37. The lowest BCUT2D eigenvalue weighted by molar-refractivity contribution is -0.142. The van der Waals surface area contributed by atoms with Crippen LogP contribution in [0.3, 0.4) is 0 Å². The third-order valence-corrected chi connectivity index (χ3v) is 5.17. The molecule has 138 valence electrons. The summed E-state index contributed by atoms with van der Waals surface area (Å²) < 4.78 is 4.68. The quantitative estimate of drug-likeness (QED) is 0.655. The molecule has 0 unspecified atom stereocenters. The highest BCUT2D eigenvalue weighted by Gasteiger charge is 2.48. The van der Waals surface area contributed by atoms with Crippen molar-refractivity contribution in [1.82, 2.24) is 4.90 Å². The summed E-state index contributed by atoms with van der Waals surface area (Å²) in [4.78, 5) is 50.0. The van der Waals surface area contributed by atoms with E-state index in [0.29, 0.717) is 24.1 Å². The maximum Gasteiger partial charge on any atom is 0.337 e. The molecule has 0 bridgehead atoms. The largest absolute Gasteiger partial charge is 0.465 e. The number of rotatable bonds is 4. The van der Waals surface area contributed by atoms with Crippen molar-refractivity contribution in [1.29, 1.82) is 0 Å². The van der Waals surface area contributed by atoms with Crippen molar-refractivity contribution >= 4 is 29.4 Å². The molecule has 0 aromatic heterocycles. The monoisotopic (exact) mass is 358 g/mol. The first kappa shape index (κ1) is 18.1. The maximum absolute atomic E-state index is 12.5. The Balaban J connectivity index is 1.70. The second-order valence-electron chi connectivity index (χ2n) is 6.83. The average Bonchev–Trinajstić information content (AvgIpc) is 2.88. The molecule has 3 amide bonds. The number of ether oxygens (including phenoxy) is 1. The summed E-state index contributed by atoms with van der Waals surface area (Å²) >= 11 is 0. The third-order valence-electron chi connectivity index (χ3n) is 5.17. The summed E-state index contributed by atoms with van der Waals surface area (Å²) in [6.07, 6.45) is 3.32. The topological polar surface area (TPSA) is 92.8 Å². The van der Waals surface area contributed by atoms with Crippen LogP contribution < -0.4 is 5.32 Å². The molecule has 0 radical (unpaired) electrons. The van der Waals surface area contributed by atoms with E-state index in [1.165, 1.54) is 13.2 Å². The predicted octanol–water partition coefficient (Wildman–Crippen LogP) is 1.90. The molecule has 7 nitrogen and oxygen atoms in total. The van der Waals surface area contributed by atoms with Crippen LogP contribution in [0, 0.1) is 18.8 Å². The molecule has 1 aromatic rings. The molecule has 1 saturated heterocycles. The van der Waals surface area contributed by atoms with Gasteiger partial charge in [-0.2, -0.15) is 0 Å². The van der Waals surface area contributed by atoms with E-state index in [0.717, 1.165) is 23.3 Å². The fraction of sp³-hybridized carbons (Fsp3) is 0.474. The van der Waals surface area contributed by atoms with Gasteiger partial charge in [-0.3, -0.25) is 19.3 Å². The number of imide groups is 1. The van der Waals surface area contributed by atoms with Crippen molar-refractivity contribution in [2.75, 3.05) is 19.0 Å². The van der Waals surface area contributed by atoms with Gasteiger partial charge in [-0.25, -0.2) is 4.79 Å². The first-order valence-corrected chi connectivity index (χ1v) is 8.76. The average molecular weight is 358 g/mol. The molecule has 7 heteroatoms. The fourth-order valence-corrected chi connectivity index (χ4v) is 3.72. The minimum atomic E-state index is -0.505. The van der Waals surface area contributed by atoms with Gasteiger partial charge >= 0.3 is 5.97 Å². The third kappa shape index (κ3) is 3.34. The van der Waals surface area contributed by atoms with Crippen molar-refractivity contribution < 1.29 is 23.9 Å². The summed E-state index contributed by atoms with van der Waals surface area (Å²) in [5.41, 5.74) is 1.53. The molecule has 1 heterocycles. The molecule has 26 heavy (non-hydrogen) atoms. The van der Waals surface area contributed by atoms with Crippen molar-refractivity contribution in [2.24, 2.45) is 11.8 Å². The standard InChI is InChI=1S/C19H22N2O5/c1-11-7-8-12(19(25)26-2)9-15(11)20-16(22)10-21-17(23)13-5-3-4-6-14(13)18(21)24/h7-9,13-14H,3-6,10H2,1-2H3,(H,20,22)/t13-,14-/m0/s1. The predicted molar refractivity (Wildman–Crippen MR) is 93.3 cm³/mol. The van der Waals surface area contributed by atoms with Crippen LogP contribution in [0.2, 0.25) is 0 Å². The van der Waals surface area contributed by atoms with Gasteiger partial charge in [0, 0.05) is 5.69 Å². The number of nitrogens with zero attached hydrogens (tertiary/aromatic N) is 1. The number of likely N-dealkylation sites (tertiary alicyclic amines) is 1. The van der Waals surface area contributed by atoms with Gasteiger partial charge in [0.1, 0.15) is 6.54 Å². The summed E-state index contributed by atoms with van der Waals surface area (Å²) in [6, 6.07) is 4.82. The number of amides is 3. The lowest BCUT2D eigenvalue weighted by atomic mass is 9.81. The summed E-state index contributed by atoms with van der Waals surface area (Å²) in [5.74, 6) is -1.99. The van der Waals surface area contributed by atoms with Crippen molar-refractivity contribution in [2.45, 2.75) is 32.6 Å². The van der Waals surface area contributed by atoms with E-state index in [1.54, 1.807) is 19.1 Å². The van der Waals surface area contributed by atoms with Gasteiger partial charge in [0.25, 0.3) is 0 Å². The van der Waals surface area contributed by atoms with Crippen LogP contribution in [0.1, 0.15) is 41.6 Å². The van der Waals surface area contributed by atoms with E-state index in [9.17, 15) is 19.2 Å². The Hall–Kier alpha value is -2.70. The van der Waals surface area contributed by atoms with Crippen LogP contribution in [-0.2, 0) is 19.1 Å². The number of hydrogen-bond donors (Lipinski definition) is 1. The van der Waals surface area contributed by atoms with Crippen LogP contribution >= 0.6 is 0 Å². The number of anilines is 1. The van der Waals surface area contributed by atoms with Crippen LogP contribution in [0.4, 0.5) is 5.69 Å². The number of aryl methyl sites for hydroxylation is 1. The Bertz CT molecular complexity index is 749. The Morgan fingerprint density at radius 2 is 1.77 bits per heavy atom. The van der Waals surface area contributed by atoms with Gasteiger partial charge in [-0.05, 0) is 37.5 Å². The molecule has 0 spiro atoms. The zero-order chi connectivity index (χ0) is 18.8. The SMILES string of the molecule is COC(=O)c1ccc(C)c(NC(=O)CN2C(=O)[C@H]3CCCC[C@@H]3C2=O)c1. The molecule has 1 aromatic carbocycles.